The zero-order chi connectivity index (χ0) is 51.0. The normalized spacial score (nSPS) is 15.3. The summed E-state index contributed by atoms with van der Waals surface area (Å²) >= 11 is 0. The minimum Gasteiger partial charge on any atom is -0.458 e. The Bertz CT molecular complexity index is 3930. The molecular weight excluding hydrogens is 775 g/mol. The van der Waals surface area contributed by atoms with Crippen LogP contribution in [0.3, 0.4) is 0 Å². The van der Waals surface area contributed by atoms with Crippen LogP contribution in [0.15, 0.2) is 170 Å². The van der Waals surface area contributed by atoms with Gasteiger partial charge in [0.15, 0.2) is 0 Å². The number of para-hydroxylation sites is 2. The lowest BCUT2D eigenvalue weighted by molar-refractivity contribution is -0.571. The molecule has 62 heavy (non-hydrogen) atoms. The molecule has 0 spiro atoms. The van der Waals surface area contributed by atoms with E-state index in [0.29, 0.717) is 33.8 Å². The first-order valence-electron chi connectivity index (χ1n) is 25.3. The van der Waals surface area contributed by atoms with Gasteiger partial charge in [-0.25, -0.2) is 4.98 Å². The molecule has 0 saturated heterocycles. The number of fused-ring (bicyclic) bond motifs is 5. The number of benzene rings is 7. The minimum atomic E-state index is -2.79. The van der Waals surface area contributed by atoms with E-state index in [4.69, 9.17) is 23.4 Å². The van der Waals surface area contributed by atoms with Crippen molar-refractivity contribution in [2.45, 2.75) is 39.3 Å². The van der Waals surface area contributed by atoms with E-state index in [0.717, 1.165) is 43.6 Å². The van der Waals surface area contributed by atoms with Crippen LogP contribution in [-0.4, -0.2) is 22.2 Å². The largest absolute Gasteiger partial charge is 0.458 e. The van der Waals surface area contributed by atoms with E-state index in [1.165, 1.54) is 0 Å². The molecule has 0 bridgehead atoms. The third-order valence-corrected chi connectivity index (χ3v) is 15.5. The maximum Gasteiger partial charge on any atom is 0.269 e. The summed E-state index contributed by atoms with van der Waals surface area (Å²) in [4.78, 5) is 4.84. The maximum atomic E-state index is 10.7. The number of ether oxygens (including phenoxy) is 1. The van der Waals surface area contributed by atoms with Crippen molar-refractivity contribution in [1.82, 2.24) is 14.1 Å². The van der Waals surface area contributed by atoms with Crippen molar-refractivity contribution >= 4 is 51.3 Å². The van der Waals surface area contributed by atoms with Gasteiger partial charge in [-0.15, -0.1) is 0 Å². The molecule has 11 rings (SSSR count). The van der Waals surface area contributed by atoms with E-state index < -0.39 is 68.5 Å². The van der Waals surface area contributed by atoms with Crippen LogP contribution >= 0.6 is 0 Å². The summed E-state index contributed by atoms with van der Waals surface area (Å²) in [7, 11) is -2.79. The van der Waals surface area contributed by atoms with Crippen molar-refractivity contribution in [3.05, 3.63) is 187 Å². The number of aromatic nitrogens is 4. The number of hydrogen-bond donors (Lipinski definition) is 0. The highest BCUT2D eigenvalue weighted by atomic mass is 28.3. The molecule has 0 amide bonds. The molecule has 0 N–H and O–H groups in total. The molecule has 0 saturated carbocycles. The van der Waals surface area contributed by atoms with Gasteiger partial charge in [-0.05, 0) is 92.1 Å². The molecular formula is C55H43N5OSi. The lowest BCUT2D eigenvalue weighted by atomic mass is 9.88. The monoisotopic (exact) mass is 827 g/mol. The van der Waals surface area contributed by atoms with Gasteiger partial charge in [0.1, 0.15) is 25.4 Å². The predicted molar refractivity (Wildman–Crippen MR) is 253 cm³/mol. The Labute approximate surface area is 376 Å². The smallest absolute Gasteiger partial charge is 0.269 e. The van der Waals surface area contributed by atoms with Crippen LogP contribution < -0.4 is 19.7 Å². The average molecular weight is 828 g/mol. The van der Waals surface area contributed by atoms with Crippen LogP contribution in [0.2, 0.25) is 13.1 Å². The van der Waals surface area contributed by atoms with Crippen LogP contribution in [0.4, 0.5) is 0 Å². The summed E-state index contributed by atoms with van der Waals surface area (Å²) in [6, 6.07) is 29.5. The lowest BCUT2D eigenvalue weighted by Gasteiger charge is -2.33. The van der Waals surface area contributed by atoms with E-state index in [1.807, 2.05) is 59.3 Å². The first-order chi connectivity index (χ1) is 34.2. The Morgan fingerprint density at radius 3 is 2.13 bits per heavy atom. The number of hydrogen-bond acceptors (Lipinski definition) is 3. The maximum absolute atomic E-state index is 10.7. The first-order valence-corrected chi connectivity index (χ1v) is 23.3. The highest BCUT2D eigenvalue weighted by Gasteiger charge is 2.39. The highest BCUT2D eigenvalue weighted by Crippen LogP contribution is 2.38. The van der Waals surface area contributed by atoms with Gasteiger partial charge in [0.25, 0.3) is 6.33 Å². The Balaban J connectivity index is 1.15. The van der Waals surface area contributed by atoms with Crippen molar-refractivity contribution in [2.75, 3.05) is 0 Å². The van der Waals surface area contributed by atoms with Crippen LogP contribution in [0.1, 0.15) is 45.6 Å². The van der Waals surface area contributed by atoms with Crippen molar-refractivity contribution in [1.29, 1.82) is 5.26 Å². The van der Waals surface area contributed by atoms with Crippen LogP contribution in [0, 0.1) is 17.7 Å². The molecule has 0 fully saturated rings. The number of nitriles is 1. The Hall–Kier alpha value is -7.53. The molecule has 4 heterocycles. The summed E-state index contributed by atoms with van der Waals surface area (Å²) in [6.07, 6.45) is 5.36. The van der Waals surface area contributed by atoms with Gasteiger partial charge in [-0.2, -0.15) is 5.26 Å². The van der Waals surface area contributed by atoms with Crippen LogP contribution in [0.5, 0.6) is 11.5 Å². The number of imidazole rings is 1. The first kappa shape index (κ1) is 28.1. The highest BCUT2D eigenvalue weighted by molar-refractivity contribution is 7.03. The molecule has 3 aromatic heterocycles. The lowest BCUT2D eigenvalue weighted by Crippen LogP contribution is -2.58. The number of pyridine rings is 1. The second kappa shape index (κ2) is 14.0. The fraction of sp³-hybridized carbons (Fsp3) is 0.109. The number of rotatable bonds is 6. The third kappa shape index (κ3) is 5.82. The molecule has 1 aliphatic rings. The fourth-order valence-corrected chi connectivity index (χ4v) is 12.3. The van der Waals surface area contributed by atoms with Gasteiger partial charge in [-0.3, -0.25) is 13.7 Å². The SMILES string of the molecule is [2H]c1c([2H])c([2H])c(-c2cccc(-c3c([2H])c([2H])c([2H])c([2H])c3[2H])c2-[n+]2[c-]n3c4c(c(C#N)ccc42)[Si](C)(C)c2ccc(Oc4ccc5c6ccccc6n(-c6cc(C(C)(C)C)ccn6)c5c4)cc2-3)c([2H])c1[2H]. The predicted octanol–water partition coefficient (Wildman–Crippen LogP) is 11.6. The Morgan fingerprint density at radius 1 is 0.742 bits per heavy atom. The molecule has 298 valence electrons. The van der Waals surface area contributed by atoms with Gasteiger partial charge in [0.2, 0.25) is 0 Å². The van der Waals surface area contributed by atoms with E-state index in [1.54, 1.807) is 34.9 Å². The van der Waals surface area contributed by atoms with Gasteiger partial charge < -0.3 is 4.74 Å². The van der Waals surface area contributed by atoms with Crippen LogP contribution in [-0.2, 0) is 5.41 Å². The van der Waals surface area contributed by atoms with Gasteiger partial charge in [0.05, 0.1) is 53.2 Å². The molecule has 10 aromatic rings. The molecule has 1 aliphatic heterocycles. The van der Waals surface area contributed by atoms with Gasteiger partial charge in [-0.1, -0.05) is 143 Å². The Kier molecular flexibility index (Phi) is 6.35. The van der Waals surface area contributed by atoms with E-state index in [9.17, 15) is 5.26 Å². The average Bonchev–Trinajstić information content (AvgIpc) is 3.91. The van der Waals surface area contributed by atoms with E-state index >= 15 is 0 Å². The second-order valence-electron chi connectivity index (χ2n) is 17.0. The Morgan fingerprint density at radius 2 is 1.42 bits per heavy atom. The van der Waals surface area contributed by atoms with E-state index in [-0.39, 0.29) is 33.4 Å². The van der Waals surface area contributed by atoms with Crippen molar-refractivity contribution in [3.63, 3.8) is 0 Å². The zero-order valence-electron chi connectivity index (χ0n) is 44.5. The van der Waals surface area contributed by atoms with Crippen molar-refractivity contribution in [3.8, 4) is 57.0 Å². The molecule has 0 atom stereocenters. The number of nitrogens with zero attached hydrogens (tertiary/aromatic N) is 5. The minimum absolute atomic E-state index is 0.104. The molecule has 0 unspecified atom stereocenters. The molecule has 7 aromatic carbocycles. The topological polar surface area (TPSA) is 59.6 Å². The van der Waals surface area contributed by atoms with Gasteiger partial charge >= 0.3 is 0 Å². The summed E-state index contributed by atoms with van der Waals surface area (Å²) in [5.41, 5.74) is 5.36. The third-order valence-electron chi connectivity index (χ3n) is 12.0. The molecule has 7 heteroatoms. The summed E-state index contributed by atoms with van der Waals surface area (Å²) < 4.78 is 100. The molecule has 0 aliphatic carbocycles. The standard InChI is InChI=1S/C55H43N5OSi/c1-55(2,3)39-29-30-57-51(31-39)60-46-22-13-12-19-44(46)45-26-24-40(32-48(45)60)61-41-25-28-50-49(33-41)59-35-58(47-27-23-38(34-56)54(53(47)59)62(50,4)5)52-42(36-15-8-6-9-16-36)20-14-21-43(52)37-17-10-7-11-18-37/h6-33H,1-5H3/i6D,7D,8D,9D,10D,11D,15D,16D,17D,18D. The van der Waals surface area contributed by atoms with E-state index in [2.05, 4.69) is 75.1 Å². The summed E-state index contributed by atoms with van der Waals surface area (Å²) in [5.74, 6) is 1.87. The van der Waals surface area contributed by atoms with Gasteiger partial charge in [0, 0.05) is 28.6 Å². The molecule has 0 radical (unpaired) electrons. The molecule has 6 nitrogen and oxygen atoms in total. The second-order valence-corrected chi connectivity index (χ2v) is 21.3. The van der Waals surface area contributed by atoms with Crippen molar-refractivity contribution in [2.24, 2.45) is 0 Å². The van der Waals surface area contributed by atoms with Crippen molar-refractivity contribution < 1.29 is 23.0 Å². The fourth-order valence-electron chi connectivity index (χ4n) is 9.05. The quantitative estimate of drug-likeness (QED) is 0.0953. The summed E-state index contributed by atoms with van der Waals surface area (Å²) in [5, 5.41) is 14.6. The summed E-state index contributed by atoms with van der Waals surface area (Å²) in [6.45, 7) is 10.9. The van der Waals surface area contributed by atoms with Crippen LogP contribution in [0.25, 0.3) is 72.3 Å². The zero-order valence-corrected chi connectivity index (χ0v) is 35.5.